The smallest absolute Gasteiger partial charge is 0.312 e. The predicted molar refractivity (Wildman–Crippen MR) is 180 cm³/mol. The SMILES string of the molecule is CC.CC(=O)OCc1ccc(NC(=O)[C@H](CCCNC(N)=O)NC(=O)C(CCCCN)NC(=O)CCCCCN2C(=O)C=CC2=O)cc1. The number of imide groups is 1. The maximum Gasteiger partial charge on any atom is 0.312 e. The summed E-state index contributed by atoms with van der Waals surface area (Å²) in [6.45, 7) is 6.27. The number of carbonyl (C=O) groups excluding carboxylic acids is 7. The van der Waals surface area contributed by atoms with E-state index >= 15 is 0 Å². The van der Waals surface area contributed by atoms with Gasteiger partial charge in [0.1, 0.15) is 18.7 Å². The number of carbonyl (C=O) groups is 7. The Morgan fingerprint density at radius 2 is 1.44 bits per heavy atom. The fourth-order valence-corrected chi connectivity index (χ4v) is 4.57. The van der Waals surface area contributed by atoms with Crippen molar-refractivity contribution in [1.29, 1.82) is 0 Å². The number of nitrogens with two attached hydrogens (primary N) is 2. The van der Waals surface area contributed by atoms with Gasteiger partial charge in [-0.3, -0.25) is 33.7 Å². The molecule has 2 rings (SSSR count). The Labute approximate surface area is 281 Å². The van der Waals surface area contributed by atoms with Crippen LogP contribution in [0.3, 0.4) is 0 Å². The first-order chi connectivity index (χ1) is 23.0. The van der Waals surface area contributed by atoms with Gasteiger partial charge >= 0.3 is 12.0 Å². The molecule has 1 heterocycles. The first kappa shape index (κ1) is 41.2. The number of hydrogen-bond donors (Lipinski definition) is 6. The van der Waals surface area contributed by atoms with Crippen molar-refractivity contribution in [1.82, 2.24) is 20.9 Å². The molecule has 0 spiro atoms. The van der Waals surface area contributed by atoms with E-state index < -0.39 is 35.9 Å². The summed E-state index contributed by atoms with van der Waals surface area (Å²) < 4.78 is 4.97. The molecule has 2 atom stereocenters. The van der Waals surface area contributed by atoms with Gasteiger partial charge in [0.25, 0.3) is 11.8 Å². The van der Waals surface area contributed by atoms with Crippen LogP contribution in [0.4, 0.5) is 10.5 Å². The normalized spacial score (nSPS) is 13.1. The molecular formula is C33H51N7O8. The number of esters is 1. The Hall–Kier alpha value is -4.79. The van der Waals surface area contributed by atoms with E-state index in [0.29, 0.717) is 57.2 Å². The van der Waals surface area contributed by atoms with E-state index in [1.54, 1.807) is 24.3 Å². The highest BCUT2D eigenvalue weighted by molar-refractivity contribution is 6.12. The van der Waals surface area contributed by atoms with Crippen molar-refractivity contribution in [3.63, 3.8) is 0 Å². The number of ether oxygens (including phenoxy) is 1. The lowest BCUT2D eigenvalue weighted by molar-refractivity contribution is -0.142. The lowest BCUT2D eigenvalue weighted by Crippen LogP contribution is -2.52. The second-order valence-corrected chi connectivity index (χ2v) is 10.8. The van der Waals surface area contributed by atoms with Crippen molar-refractivity contribution in [2.45, 2.75) is 97.2 Å². The highest BCUT2D eigenvalue weighted by Crippen LogP contribution is 2.13. The molecule has 0 aliphatic carbocycles. The molecule has 1 aliphatic rings. The zero-order valence-electron chi connectivity index (χ0n) is 28.2. The zero-order chi connectivity index (χ0) is 35.9. The van der Waals surface area contributed by atoms with E-state index in [-0.39, 0.29) is 50.3 Å². The van der Waals surface area contributed by atoms with Gasteiger partial charge in [-0.1, -0.05) is 32.4 Å². The molecule has 1 aromatic carbocycles. The molecule has 0 saturated carbocycles. The van der Waals surface area contributed by atoms with E-state index in [4.69, 9.17) is 16.2 Å². The fourth-order valence-electron chi connectivity index (χ4n) is 4.57. The number of urea groups is 1. The minimum absolute atomic E-state index is 0.0880. The Kier molecular flexibility index (Phi) is 20.2. The number of benzene rings is 1. The summed E-state index contributed by atoms with van der Waals surface area (Å²) in [4.78, 5) is 86.0. The number of unbranched alkanes of at least 4 members (excludes halogenated alkanes) is 3. The van der Waals surface area contributed by atoms with Gasteiger partial charge in [0, 0.05) is 44.3 Å². The van der Waals surface area contributed by atoms with Crippen LogP contribution in [0.2, 0.25) is 0 Å². The molecule has 266 valence electrons. The summed E-state index contributed by atoms with van der Waals surface area (Å²) in [6, 6.07) is 4.03. The average Bonchev–Trinajstić information content (AvgIpc) is 3.38. The molecule has 7 amide bonds. The monoisotopic (exact) mass is 673 g/mol. The van der Waals surface area contributed by atoms with E-state index in [1.807, 2.05) is 13.8 Å². The van der Waals surface area contributed by atoms with Crippen LogP contribution in [-0.4, -0.2) is 78.2 Å². The maximum atomic E-state index is 13.4. The summed E-state index contributed by atoms with van der Waals surface area (Å²) >= 11 is 0. The van der Waals surface area contributed by atoms with Crippen LogP contribution >= 0.6 is 0 Å². The summed E-state index contributed by atoms with van der Waals surface area (Å²) in [5.41, 5.74) is 11.9. The van der Waals surface area contributed by atoms with Gasteiger partial charge in [0.05, 0.1) is 0 Å². The van der Waals surface area contributed by atoms with Gasteiger partial charge < -0.3 is 37.5 Å². The van der Waals surface area contributed by atoms with Crippen LogP contribution < -0.4 is 32.7 Å². The first-order valence-electron chi connectivity index (χ1n) is 16.4. The van der Waals surface area contributed by atoms with Crippen molar-refractivity contribution in [3.05, 3.63) is 42.0 Å². The molecule has 0 aromatic heterocycles. The van der Waals surface area contributed by atoms with Crippen LogP contribution in [0.5, 0.6) is 0 Å². The summed E-state index contributed by atoms with van der Waals surface area (Å²) in [5.74, 6) is -2.49. The number of hydrogen-bond acceptors (Lipinski definition) is 9. The Bertz CT molecular complexity index is 1230. The van der Waals surface area contributed by atoms with E-state index in [0.717, 1.165) is 10.5 Å². The second-order valence-electron chi connectivity index (χ2n) is 10.8. The van der Waals surface area contributed by atoms with Gasteiger partial charge in [-0.2, -0.15) is 0 Å². The highest BCUT2D eigenvalue weighted by Gasteiger charge is 2.27. The van der Waals surface area contributed by atoms with Crippen molar-refractivity contribution in [2.75, 3.05) is 25.0 Å². The van der Waals surface area contributed by atoms with Crippen molar-refractivity contribution < 1.29 is 38.3 Å². The van der Waals surface area contributed by atoms with Gasteiger partial charge in [0.15, 0.2) is 0 Å². The molecule has 0 radical (unpaired) electrons. The Morgan fingerprint density at radius 3 is 2.04 bits per heavy atom. The summed E-state index contributed by atoms with van der Waals surface area (Å²) in [6.07, 6.45) is 6.24. The quantitative estimate of drug-likeness (QED) is 0.0633. The largest absolute Gasteiger partial charge is 0.461 e. The van der Waals surface area contributed by atoms with E-state index in [2.05, 4.69) is 21.3 Å². The maximum absolute atomic E-state index is 13.4. The second kappa shape index (κ2) is 23.5. The third-order valence-electron chi connectivity index (χ3n) is 7.05. The molecule has 15 heteroatoms. The molecule has 1 aromatic rings. The van der Waals surface area contributed by atoms with Gasteiger partial charge in [-0.25, -0.2) is 4.79 Å². The lowest BCUT2D eigenvalue weighted by Gasteiger charge is -2.23. The zero-order valence-corrected chi connectivity index (χ0v) is 28.2. The first-order valence-corrected chi connectivity index (χ1v) is 16.4. The number of anilines is 1. The third-order valence-corrected chi connectivity index (χ3v) is 7.05. The summed E-state index contributed by atoms with van der Waals surface area (Å²) in [5, 5.41) is 10.7. The molecule has 48 heavy (non-hydrogen) atoms. The third kappa shape index (κ3) is 16.7. The van der Waals surface area contributed by atoms with Crippen molar-refractivity contribution in [3.8, 4) is 0 Å². The molecule has 1 unspecified atom stereocenters. The Balaban J connectivity index is 0.00000565. The van der Waals surface area contributed by atoms with Crippen LogP contribution in [0, 0.1) is 0 Å². The number of primary amides is 1. The van der Waals surface area contributed by atoms with Gasteiger partial charge in [-0.15, -0.1) is 0 Å². The minimum Gasteiger partial charge on any atom is -0.461 e. The highest BCUT2D eigenvalue weighted by atomic mass is 16.5. The predicted octanol–water partition coefficient (Wildman–Crippen LogP) is 1.75. The molecular weight excluding hydrogens is 622 g/mol. The summed E-state index contributed by atoms with van der Waals surface area (Å²) in [7, 11) is 0. The van der Waals surface area contributed by atoms with Crippen molar-refractivity contribution >= 4 is 47.2 Å². The minimum atomic E-state index is -0.998. The van der Waals surface area contributed by atoms with Crippen LogP contribution in [0.25, 0.3) is 0 Å². The number of nitrogens with one attached hydrogen (secondary N) is 4. The molecule has 0 fully saturated rings. The average molecular weight is 674 g/mol. The Morgan fingerprint density at radius 1 is 0.812 bits per heavy atom. The molecule has 8 N–H and O–H groups in total. The lowest BCUT2D eigenvalue weighted by atomic mass is 10.1. The fraction of sp³-hybridized carbons (Fsp3) is 0.545. The van der Waals surface area contributed by atoms with Crippen LogP contribution in [-0.2, 0) is 40.1 Å². The number of amides is 7. The standard InChI is InChI=1S/C31H45N7O8.C2H6/c1-21(39)46-20-22-11-13-23(14-12-22)35-29(43)25(9-7-18-34-31(33)45)37-30(44)24(8-4-5-17-32)36-26(40)10-3-2-6-19-38-27(41)15-16-28(38)42;1-2/h11-16,24-25H,2-10,17-20,32H2,1H3,(H,35,43)(H,36,40)(H,37,44)(H3,33,34,45);1-2H3/t24?,25-;/m0./s1. The van der Waals surface area contributed by atoms with Gasteiger partial charge in [-0.05, 0) is 69.2 Å². The van der Waals surface area contributed by atoms with E-state index in [1.165, 1.54) is 19.1 Å². The molecule has 0 saturated heterocycles. The van der Waals surface area contributed by atoms with Gasteiger partial charge in [0.2, 0.25) is 17.7 Å². The molecule has 1 aliphatic heterocycles. The number of nitrogens with zero attached hydrogens (tertiary/aromatic N) is 1. The topological polar surface area (TPSA) is 232 Å². The number of rotatable bonds is 21. The van der Waals surface area contributed by atoms with Crippen molar-refractivity contribution in [2.24, 2.45) is 11.5 Å². The van der Waals surface area contributed by atoms with E-state index in [9.17, 15) is 33.6 Å². The molecule has 15 nitrogen and oxygen atoms in total. The molecule has 0 bridgehead atoms. The van der Waals surface area contributed by atoms with Crippen LogP contribution in [0.1, 0.15) is 84.1 Å². The van der Waals surface area contributed by atoms with Crippen LogP contribution in [0.15, 0.2) is 36.4 Å².